The molecular formula is C13H21N5. The molecule has 98 valence electrons. The number of rotatable bonds is 7. The van der Waals surface area contributed by atoms with Gasteiger partial charge in [0.05, 0.1) is 11.3 Å². The molecule has 0 bridgehead atoms. The van der Waals surface area contributed by atoms with Crippen LogP contribution in [0, 0.1) is 11.3 Å². The predicted octanol–water partition coefficient (Wildman–Crippen LogP) is 1.68. The minimum absolute atomic E-state index is 0.429. The maximum Gasteiger partial charge on any atom is 0.150 e. The first-order valence-corrected chi connectivity index (χ1v) is 6.33. The molecular weight excluding hydrogens is 226 g/mol. The van der Waals surface area contributed by atoms with Gasteiger partial charge in [-0.05, 0) is 25.6 Å². The van der Waals surface area contributed by atoms with Crippen molar-refractivity contribution in [1.82, 2.24) is 9.88 Å². The Bertz CT molecular complexity index is 410. The van der Waals surface area contributed by atoms with Gasteiger partial charge in [-0.1, -0.05) is 13.8 Å². The Kier molecular flexibility index (Phi) is 5.95. The lowest BCUT2D eigenvalue weighted by molar-refractivity contribution is 0.300. The molecule has 0 amide bonds. The van der Waals surface area contributed by atoms with E-state index in [2.05, 4.69) is 35.1 Å². The molecule has 1 aromatic rings. The highest BCUT2D eigenvalue weighted by molar-refractivity contribution is 5.68. The van der Waals surface area contributed by atoms with Crippen LogP contribution in [-0.2, 0) is 0 Å². The summed E-state index contributed by atoms with van der Waals surface area (Å²) in [6.45, 7) is 8.18. The van der Waals surface area contributed by atoms with Crippen LogP contribution in [-0.4, -0.2) is 36.1 Å². The predicted molar refractivity (Wildman–Crippen MR) is 74.3 cm³/mol. The second-order valence-corrected chi connectivity index (χ2v) is 4.09. The Labute approximate surface area is 109 Å². The molecule has 0 saturated heterocycles. The van der Waals surface area contributed by atoms with Crippen molar-refractivity contribution in [2.45, 2.75) is 20.3 Å². The van der Waals surface area contributed by atoms with Crippen molar-refractivity contribution in [3.8, 4) is 6.07 Å². The van der Waals surface area contributed by atoms with E-state index < -0.39 is 0 Å². The number of aromatic nitrogens is 1. The van der Waals surface area contributed by atoms with E-state index >= 15 is 0 Å². The number of nitrogen functional groups attached to an aromatic ring is 1. The van der Waals surface area contributed by atoms with E-state index in [0.717, 1.165) is 32.6 Å². The van der Waals surface area contributed by atoms with E-state index in [1.54, 1.807) is 12.3 Å². The molecule has 5 nitrogen and oxygen atoms in total. The van der Waals surface area contributed by atoms with Crippen LogP contribution in [0.4, 0.5) is 11.5 Å². The van der Waals surface area contributed by atoms with E-state index in [1.165, 1.54) is 0 Å². The third-order valence-electron chi connectivity index (χ3n) is 2.82. The average molecular weight is 247 g/mol. The standard InChI is InChI=1S/C13H21N5/c1-3-8-18(4-2)9-7-17-13-12(15)11(10-14)5-6-16-13/h5-6H,3-4,7-9,15H2,1-2H3,(H,16,17). The van der Waals surface area contributed by atoms with E-state index in [4.69, 9.17) is 11.0 Å². The summed E-state index contributed by atoms with van der Waals surface area (Å²) in [7, 11) is 0. The summed E-state index contributed by atoms with van der Waals surface area (Å²) in [5, 5.41) is 12.1. The zero-order valence-electron chi connectivity index (χ0n) is 11.1. The van der Waals surface area contributed by atoms with Gasteiger partial charge in [0.15, 0.2) is 5.82 Å². The molecule has 0 spiro atoms. The minimum atomic E-state index is 0.429. The lowest BCUT2D eigenvalue weighted by Gasteiger charge is -2.20. The highest BCUT2D eigenvalue weighted by atomic mass is 15.1. The fourth-order valence-corrected chi connectivity index (χ4v) is 1.79. The number of hydrogen-bond donors (Lipinski definition) is 2. The van der Waals surface area contributed by atoms with Crippen molar-refractivity contribution in [1.29, 1.82) is 5.26 Å². The molecule has 3 N–H and O–H groups in total. The van der Waals surface area contributed by atoms with Crippen molar-refractivity contribution < 1.29 is 0 Å². The van der Waals surface area contributed by atoms with Crippen LogP contribution in [0.25, 0.3) is 0 Å². The van der Waals surface area contributed by atoms with Gasteiger partial charge in [-0.25, -0.2) is 4.98 Å². The summed E-state index contributed by atoms with van der Waals surface area (Å²) in [4.78, 5) is 6.51. The first kappa shape index (κ1) is 14.3. The summed E-state index contributed by atoms with van der Waals surface area (Å²) in [6, 6.07) is 3.67. The lowest BCUT2D eigenvalue weighted by Crippen LogP contribution is -2.29. The number of nitrogens with zero attached hydrogens (tertiary/aromatic N) is 3. The molecule has 1 rings (SSSR count). The molecule has 0 saturated carbocycles. The Morgan fingerprint density at radius 2 is 2.22 bits per heavy atom. The van der Waals surface area contributed by atoms with Crippen LogP contribution < -0.4 is 11.1 Å². The molecule has 0 unspecified atom stereocenters. The third kappa shape index (κ3) is 3.90. The Morgan fingerprint density at radius 3 is 2.83 bits per heavy atom. The number of likely N-dealkylation sites (N-methyl/N-ethyl adjacent to an activating group) is 1. The topological polar surface area (TPSA) is 78.0 Å². The van der Waals surface area contributed by atoms with E-state index in [1.807, 2.05) is 0 Å². The highest BCUT2D eigenvalue weighted by Gasteiger charge is 2.06. The van der Waals surface area contributed by atoms with Crippen LogP contribution >= 0.6 is 0 Å². The van der Waals surface area contributed by atoms with Crippen molar-refractivity contribution in [2.24, 2.45) is 0 Å². The van der Waals surface area contributed by atoms with Gasteiger partial charge in [0.25, 0.3) is 0 Å². The van der Waals surface area contributed by atoms with Crippen LogP contribution in [0.5, 0.6) is 0 Å². The van der Waals surface area contributed by atoms with Gasteiger partial charge in [-0.2, -0.15) is 5.26 Å². The fraction of sp³-hybridized carbons (Fsp3) is 0.538. The number of nitriles is 1. The first-order valence-electron chi connectivity index (χ1n) is 6.33. The molecule has 1 heterocycles. The van der Waals surface area contributed by atoms with Crippen LogP contribution in [0.3, 0.4) is 0 Å². The molecule has 1 aromatic heterocycles. The van der Waals surface area contributed by atoms with Crippen molar-refractivity contribution in [3.05, 3.63) is 17.8 Å². The summed E-state index contributed by atoms with van der Waals surface area (Å²) in [5.41, 5.74) is 6.74. The van der Waals surface area contributed by atoms with Gasteiger partial charge in [-0.15, -0.1) is 0 Å². The van der Waals surface area contributed by atoms with Gasteiger partial charge in [0.2, 0.25) is 0 Å². The Balaban J connectivity index is 2.51. The highest BCUT2D eigenvalue weighted by Crippen LogP contribution is 2.18. The average Bonchev–Trinajstić information content (AvgIpc) is 2.39. The number of hydrogen-bond acceptors (Lipinski definition) is 5. The normalized spacial score (nSPS) is 10.3. The van der Waals surface area contributed by atoms with Gasteiger partial charge in [0, 0.05) is 19.3 Å². The van der Waals surface area contributed by atoms with Crippen molar-refractivity contribution >= 4 is 11.5 Å². The lowest BCUT2D eigenvalue weighted by atomic mass is 10.2. The van der Waals surface area contributed by atoms with Crippen LogP contribution in [0.15, 0.2) is 12.3 Å². The molecule has 0 aliphatic heterocycles. The maximum atomic E-state index is 8.87. The summed E-state index contributed by atoms with van der Waals surface area (Å²) in [5.74, 6) is 0.599. The summed E-state index contributed by atoms with van der Waals surface area (Å²) < 4.78 is 0. The maximum absolute atomic E-state index is 8.87. The van der Waals surface area contributed by atoms with Gasteiger partial charge in [0.1, 0.15) is 6.07 Å². The Hall–Kier alpha value is -1.80. The third-order valence-corrected chi connectivity index (χ3v) is 2.82. The number of anilines is 2. The van der Waals surface area contributed by atoms with Gasteiger partial charge < -0.3 is 16.0 Å². The second-order valence-electron chi connectivity index (χ2n) is 4.09. The molecule has 0 aromatic carbocycles. The van der Waals surface area contributed by atoms with E-state index in [0.29, 0.717) is 17.1 Å². The number of pyridine rings is 1. The largest absolute Gasteiger partial charge is 0.395 e. The molecule has 0 radical (unpaired) electrons. The van der Waals surface area contributed by atoms with E-state index in [9.17, 15) is 0 Å². The van der Waals surface area contributed by atoms with E-state index in [-0.39, 0.29) is 0 Å². The molecule has 18 heavy (non-hydrogen) atoms. The van der Waals surface area contributed by atoms with Gasteiger partial charge >= 0.3 is 0 Å². The van der Waals surface area contributed by atoms with Crippen molar-refractivity contribution in [2.75, 3.05) is 37.2 Å². The number of nitrogens with two attached hydrogens (primary N) is 1. The van der Waals surface area contributed by atoms with Gasteiger partial charge in [-0.3, -0.25) is 0 Å². The fourth-order valence-electron chi connectivity index (χ4n) is 1.79. The first-order chi connectivity index (χ1) is 8.72. The molecule has 5 heteroatoms. The molecule has 0 aliphatic carbocycles. The Morgan fingerprint density at radius 1 is 1.44 bits per heavy atom. The quantitative estimate of drug-likeness (QED) is 0.766. The zero-order valence-corrected chi connectivity index (χ0v) is 11.1. The summed E-state index contributed by atoms with van der Waals surface area (Å²) >= 11 is 0. The smallest absolute Gasteiger partial charge is 0.150 e. The van der Waals surface area contributed by atoms with Crippen LogP contribution in [0.1, 0.15) is 25.8 Å². The SMILES string of the molecule is CCCN(CC)CCNc1nccc(C#N)c1N. The molecule has 0 atom stereocenters. The zero-order chi connectivity index (χ0) is 13.4. The van der Waals surface area contributed by atoms with Crippen LogP contribution in [0.2, 0.25) is 0 Å². The monoisotopic (exact) mass is 247 g/mol. The minimum Gasteiger partial charge on any atom is -0.395 e. The molecule has 0 fully saturated rings. The molecule has 0 aliphatic rings. The second kappa shape index (κ2) is 7.51. The van der Waals surface area contributed by atoms with Crippen molar-refractivity contribution in [3.63, 3.8) is 0 Å². The summed E-state index contributed by atoms with van der Waals surface area (Å²) in [6.07, 6.45) is 2.75. The number of nitrogens with one attached hydrogen (secondary N) is 1.